The number of hydrogen-bond acceptors (Lipinski definition) is 5. The van der Waals surface area contributed by atoms with Crippen molar-refractivity contribution in [2.24, 2.45) is 5.92 Å². The van der Waals surface area contributed by atoms with Crippen LogP contribution in [-0.4, -0.2) is 51.5 Å². The van der Waals surface area contributed by atoms with E-state index >= 15 is 0 Å². The molecule has 8 heteroatoms. The summed E-state index contributed by atoms with van der Waals surface area (Å²) in [4.78, 5) is 26.8. The van der Waals surface area contributed by atoms with Gasteiger partial charge in [-0.05, 0) is 50.3 Å². The van der Waals surface area contributed by atoms with Crippen LogP contribution in [0.4, 0.5) is 0 Å². The van der Waals surface area contributed by atoms with Gasteiger partial charge in [0.1, 0.15) is 5.52 Å². The zero-order valence-corrected chi connectivity index (χ0v) is 16.2. The second kappa shape index (κ2) is 8.80. The lowest BCUT2D eigenvalue weighted by Crippen LogP contribution is -2.45. The number of nitrogens with one attached hydrogen (secondary N) is 1. The number of piperidine rings is 1. The molecule has 1 aromatic heterocycles. The van der Waals surface area contributed by atoms with Crippen LogP contribution < -0.4 is 10.9 Å². The van der Waals surface area contributed by atoms with Gasteiger partial charge in [0.05, 0.1) is 11.9 Å². The van der Waals surface area contributed by atoms with E-state index in [9.17, 15) is 9.59 Å². The molecule has 1 aromatic carbocycles. The summed E-state index contributed by atoms with van der Waals surface area (Å²) in [7, 11) is 0. The van der Waals surface area contributed by atoms with Crippen molar-refractivity contribution >= 4 is 29.2 Å². The van der Waals surface area contributed by atoms with E-state index in [0.29, 0.717) is 16.9 Å². The van der Waals surface area contributed by atoms with Crippen molar-refractivity contribution in [1.82, 2.24) is 25.2 Å². The molecule has 1 saturated heterocycles. The van der Waals surface area contributed by atoms with Gasteiger partial charge in [-0.25, -0.2) is 4.68 Å². The third kappa shape index (κ3) is 4.84. The molecule has 7 nitrogen and oxygen atoms in total. The van der Waals surface area contributed by atoms with Crippen LogP contribution >= 0.6 is 12.4 Å². The standard InChI is InChI=1S/C19H25N5O2.ClH/c25-18(23-10-7-15(8-11-23)20-13-14-5-6-14)9-12-24-19(26)16-3-1-2-4-17(16)21-22-24;/h1-4,14-15,20H,5-13H2;1H. The van der Waals surface area contributed by atoms with Crippen molar-refractivity contribution in [3.8, 4) is 0 Å². The first-order valence-corrected chi connectivity index (χ1v) is 9.54. The van der Waals surface area contributed by atoms with Gasteiger partial charge in [-0.15, -0.1) is 17.5 Å². The fraction of sp³-hybridized carbons (Fsp3) is 0.579. The second-order valence-corrected chi connectivity index (χ2v) is 7.39. The molecule has 1 N–H and O–H groups in total. The summed E-state index contributed by atoms with van der Waals surface area (Å²) in [6.07, 6.45) is 5.03. The molecule has 0 bridgehead atoms. The van der Waals surface area contributed by atoms with Crippen molar-refractivity contribution < 1.29 is 4.79 Å². The topological polar surface area (TPSA) is 80.1 Å². The Balaban J connectivity index is 0.00000210. The zero-order chi connectivity index (χ0) is 17.9. The third-order valence-corrected chi connectivity index (χ3v) is 5.41. The van der Waals surface area contributed by atoms with Gasteiger partial charge in [-0.2, -0.15) is 0 Å². The van der Waals surface area contributed by atoms with Gasteiger partial charge in [0.2, 0.25) is 5.91 Å². The number of likely N-dealkylation sites (tertiary alicyclic amines) is 1. The van der Waals surface area contributed by atoms with Crippen LogP contribution in [0.5, 0.6) is 0 Å². The number of fused-ring (bicyclic) bond motifs is 1. The lowest BCUT2D eigenvalue weighted by atomic mass is 10.0. The van der Waals surface area contributed by atoms with Gasteiger partial charge >= 0.3 is 0 Å². The Labute approximate surface area is 164 Å². The lowest BCUT2D eigenvalue weighted by molar-refractivity contribution is -0.132. The summed E-state index contributed by atoms with van der Waals surface area (Å²) in [6.45, 7) is 2.98. The molecular formula is C19H26ClN5O2. The molecule has 2 fully saturated rings. The maximum atomic E-state index is 12.5. The predicted octanol–water partition coefficient (Wildman–Crippen LogP) is 1.59. The SMILES string of the molecule is Cl.O=C(CCn1nnc2ccccc2c1=O)N1CCC(NCC2CC2)CC1. The average molecular weight is 392 g/mol. The number of carbonyl (C=O) groups is 1. The Morgan fingerprint density at radius 2 is 1.89 bits per heavy atom. The summed E-state index contributed by atoms with van der Waals surface area (Å²) in [5.74, 6) is 0.975. The number of halogens is 1. The molecule has 2 heterocycles. The Bertz CT molecular complexity index is 843. The highest BCUT2D eigenvalue weighted by Crippen LogP contribution is 2.28. The van der Waals surface area contributed by atoms with Gasteiger partial charge in [0.25, 0.3) is 5.56 Å². The zero-order valence-electron chi connectivity index (χ0n) is 15.3. The Kier molecular flexibility index (Phi) is 6.44. The number of aryl methyl sites for hydroxylation is 1. The number of amides is 1. The lowest BCUT2D eigenvalue weighted by Gasteiger charge is -2.32. The van der Waals surface area contributed by atoms with E-state index in [1.807, 2.05) is 17.0 Å². The minimum absolute atomic E-state index is 0. The summed E-state index contributed by atoms with van der Waals surface area (Å²) >= 11 is 0. The van der Waals surface area contributed by atoms with Crippen LogP contribution in [0.3, 0.4) is 0 Å². The molecule has 0 unspecified atom stereocenters. The molecule has 0 spiro atoms. The van der Waals surface area contributed by atoms with Crippen molar-refractivity contribution in [3.63, 3.8) is 0 Å². The van der Waals surface area contributed by atoms with Crippen LogP contribution in [0.1, 0.15) is 32.1 Å². The predicted molar refractivity (Wildman–Crippen MR) is 106 cm³/mol. The average Bonchev–Trinajstić information content (AvgIpc) is 3.51. The molecule has 27 heavy (non-hydrogen) atoms. The van der Waals surface area contributed by atoms with Crippen molar-refractivity contribution in [1.29, 1.82) is 0 Å². The molecule has 1 aliphatic heterocycles. The number of carbonyl (C=O) groups excluding carboxylic acids is 1. The first-order valence-electron chi connectivity index (χ1n) is 9.54. The van der Waals surface area contributed by atoms with Crippen molar-refractivity contribution in [2.45, 2.75) is 44.7 Å². The number of rotatable bonds is 6. The van der Waals surface area contributed by atoms with E-state index < -0.39 is 0 Å². The van der Waals surface area contributed by atoms with Crippen LogP contribution in [0, 0.1) is 5.92 Å². The van der Waals surface area contributed by atoms with Crippen molar-refractivity contribution in [3.05, 3.63) is 34.6 Å². The smallest absolute Gasteiger partial charge is 0.277 e. The van der Waals surface area contributed by atoms with Gasteiger partial charge in [0, 0.05) is 25.6 Å². The molecular weight excluding hydrogens is 366 g/mol. The molecule has 1 saturated carbocycles. The molecule has 4 rings (SSSR count). The Hall–Kier alpha value is -1.99. The highest BCUT2D eigenvalue weighted by molar-refractivity contribution is 5.85. The third-order valence-electron chi connectivity index (χ3n) is 5.41. The number of aromatic nitrogens is 3. The first-order chi connectivity index (χ1) is 12.7. The fourth-order valence-electron chi connectivity index (χ4n) is 3.52. The van der Waals surface area contributed by atoms with E-state index in [1.54, 1.807) is 12.1 Å². The number of nitrogens with zero attached hydrogens (tertiary/aromatic N) is 4. The quantitative estimate of drug-likeness (QED) is 0.808. The summed E-state index contributed by atoms with van der Waals surface area (Å²) in [6, 6.07) is 7.68. The van der Waals surface area contributed by atoms with Crippen molar-refractivity contribution in [2.75, 3.05) is 19.6 Å². The fourth-order valence-corrected chi connectivity index (χ4v) is 3.52. The monoisotopic (exact) mass is 391 g/mol. The van der Waals surface area contributed by atoms with Crippen LogP contribution in [-0.2, 0) is 11.3 Å². The van der Waals surface area contributed by atoms with Crippen LogP contribution in [0.2, 0.25) is 0 Å². The van der Waals surface area contributed by atoms with E-state index in [1.165, 1.54) is 17.5 Å². The van der Waals surface area contributed by atoms with Crippen LogP contribution in [0.15, 0.2) is 29.1 Å². The van der Waals surface area contributed by atoms with Gasteiger partial charge in [-0.3, -0.25) is 9.59 Å². The molecule has 2 aromatic rings. The van der Waals surface area contributed by atoms with Gasteiger partial charge in [-0.1, -0.05) is 17.3 Å². The van der Waals surface area contributed by atoms with Crippen LogP contribution in [0.25, 0.3) is 10.9 Å². The van der Waals surface area contributed by atoms with E-state index in [-0.39, 0.29) is 36.8 Å². The molecule has 146 valence electrons. The summed E-state index contributed by atoms with van der Waals surface area (Å²) < 4.78 is 1.30. The molecule has 0 radical (unpaired) electrons. The minimum Gasteiger partial charge on any atom is -0.343 e. The van der Waals surface area contributed by atoms with E-state index in [4.69, 9.17) is 0 Å². The molecule has 1 amide bonds. The molecule has 1 aliphatic carbocycles. The largest absolute Gasteiger partial charge is 0.343 e. The maximum absolute atomic E-state index is 12.5. The molecule has 2 aliphatic rings. The number of hydrogen-bond donors (Lipinski definition) is 1. The second-order valence-electron chi connectivity index (χ2n) is 7.39. The van der Waals surface area contributed by atoms with E-state index in [0.717, 1.165) is 38.4 Å². The first kappa shape index (κ1) is 19.8. The normalized spacial score (nSPS) is 17.7. The Morgan fingerprint density at radius 1 is 1.15 bits per heavy atom. The Morgan fingerprint density at radius 3 is 2.63 bits per heavy atom. The highest BCUT2D eigenvalue weighted by atomic mass is 35.5. The summed E-state index contributed by atoms with van der Waals surface area (Å²) in [5.41, 5.74) is 0.396. The van der Waals surface area contributed by atoms with E-state index in [2.05, 4.69) is 15.6 Å². The highest BCUT2D eigenvalue weighted by Gasteiger charge is 2.25. The molecule has 0 atom stereocenters. The number of benzene rings is 1. The van der Waals surface area contributed by atoms with Gasteiger partial charge < -0.3 is 10.2 Å². The van der Waals surface area contributed by atoms with Gasteiger partial charge in [0.15, 0.2) is 0 Å². The summed E-state index contributed by atoms with van der Waals surface area (Å²) in [5, 5.41) is 12.2. The minimum atomic E-state index is -0.189. The maximum Gasteiger partial charge on any atom is 0.277 e.